The van der Waals surface area contributed by atoms with E-state index in [0.29, 0.717) is 29.6 Å². The number of H-pyrrole nitrogens is 2. The molecule has 7 rings (SSSR count). The van der Waals surface area contributed by atoms with Gasteiger partial charge in [-0.25, -0.2) is 4.98 Å². The lowest BCUT2D eigenvalue weighted by molar-refractivity contribution is -0.129. The van der Waals surface area contributed by atoms with E-state index in [-0.39, 0.29) is 0 Å². The lowest BCUT2D eigenvalue weighted by Gasteiger charge is -2.58. The minimum absolute atomic E-state index is 0.373. The van der Waals surface area contributed by atoms with Gasteiger partial charge < -0.3 is 15.4 Å². The number of aromatic amines is 2. The van der Waals surface area contributed by atoms with Crippen LogP contribution in [0.2, 0.25) is 0 Å². The van der Waals surface area contributed by atoms with Gasteiger partial charge >= 0.3 is 0 Å². The highest BCUT2D eigenvalue weighted by atomic mass is 16.3. The predicted molar refractivity (Wildman–Crippen MR) is 95.2 cm³/mol. The van der Waals surface area contributed by atoms with Gasteiger partial charge in [0.1, 0.15) is 5.65 Å². The number of rotatable bonds is 3. The van der Waals surface area contributed by atoms with Crippen molar-refractivity contribution in [2.45, 2.75) is 43.7 Å². The van der Waals surface area contributed by atoms with Gasteiger partial charge in [-0.2, -0.15) is 5.21 Å². The quantitative estimate of drug-likeness (QED) is 0.574. The summed E-state index contributed by atoms with van der Waals surface area (Å²) in [6, 6.07) is 2.41. The van der Waals surface area contributed by atoms with E-state index < -0.39 is 5.60 Å². The van der Waals surface area contributed by atoms with Crippen molar-refractivity contribution in [3.8, 4) is 11.4 Å². The van der Waals surface area contributed by atoms with Gasteiger partial charge in [0.15, 0.2) is 0 Å². The van der Waals surface area contributed by atoms with E-state index in [2.05, 4.69) is 35.9 Å². The van der Waals surface area contributed by atoms with Crippen molar-refractivity contribution in [1.82, 2.24) is 30.6 Å². The molecule has 0 spiro atoms. The van der Waals surface area contributed by atoms with E-state index in [1.807, 2.05) is 12.3 Å². The zero-order valence-electron chi connectivity index (χ0n) is 14.3. The second-order valence-electron chi connectivity index (χ2n) is 8.39. The molecule has 0 unspecified atom stereocenters. The van der Waals surface area contributed by atoms with Gasteiger partial charge in [0.05, 0.1) is 16.9 Å². The molecule has 8 heteroatoms. The molecule has 0 aromatic carbocycles. The van der Waals surface area contributed by atoms with Gasteiger partial charge in [-0.3, -0.25) is 0 Å². The first kappa shape index (κ1) is 14.7. The van der Waals surface area contributed by atoms with Crippen LogP contribution in [0.4, 0.5) is 5.69 Å². The molecule has 4 N–H and O–H groups in total. The van der Waals surface area contributed by atoms with Crippen LogP contribution in [-0.2, 0) is 0 Å². The number of hydrogen-bond acceptors (Lipinski definition) is 6. The minimum Gasteiger partial charge on any atom is -0.390 e. The standard InChI is InChI=1S/C18H21N7O/c26-18-5-9-3-10(6-18)14(11(4-9)7-18)21-15-12-1-2-19-16(12)20-8-13(15)17-22-24-25-23-17/h1-2,8-11,14,26H,3-7H2,(H2,19,20,21)(H,22,23,24,25)/t9?,10-,11-,14?,18?/m0/s1. The van der Waals surface area contributed by atoms with E-state index in [1.54, 1.807) is 6.20 Å². The number of nitrogens with zero attached hydrogens (tertiary/aromatic N) is 4. The molecule has 2 atom stereocenters. The Morgan fingerprint density at radius 1 is 1.19 bits per heavy atom. The van der Waals surface area contributed by atoms with Gasteiger partial charge in [-0.15, -0.1) is 10.2 Å². The molecule has 4 saturated carbocycles. The van der Waals surface area contributed by atoms with Gasteiger partial charge in [0.25, 0.3) is 0 Å². The summed E-state index contributed by atoms with van der Waals surface area (Å²) in [4.78, 5) is 7.68. The SMILES string of the molecule is OC12CC3C[C@@H](C1)C(Nc1c(-c4nn[nH]n4)cnc4[nH]ccc14)[C@@H](C3)C2. The fourth-order valence-corrected chi connectivity index (χ4v) is 5.99. The number of fused-ring (bicyclic) bond motifs is 1. The number of aromatic nitrogens is 6. The fraction of sp³-hybridized carbons (Fsp3) is 0.556. The Morgan fingerprint density at radius 3 is 2.77 bits per heavy atom. The zero-order chi connectivity index (χ0) is 17.3. The van der Waals surface area contributed by atoms with Crippen LogP contribution in [0.5, 0.6) is 0 Å². The number of pyridine rings is 1. The van der Waals surface area contributed by atoms with E-state index in [4.69, 9.17) is 0 Å². The third kappa shape index (κ3) is 2.05. The molecular weight excluding hydrogens is 330 g/mol. The highest BCUT2D eigenvalue weighted by Gasteiger charge is 2.54. The van der Waals surface area contributed by atoms with Crippen molar-refractivity contribution >= 4 is 16.7 Å². The molecule has 8 nitrogen and oxygen atoms in total. The third-order valence-corrected chi connectivity index (χ3v) is 6.72. The lowest BCUT2D eigenvalue weighted by atomic mass is 9.52. The predicted octanol–water partition coefficient (Wildman–Crippen LogP) is 2.09. The fourth-order valence-electron chi connectivity index (χ4n) is 5.99. The molecule has 0 saturated heterocycles. The summed E-state index contributed by atoms with van der Waals surface area (Å²) >= 11 is 0. The van der Waals surface area contributed by atoms with Crippen LogP contribution < -0.4 is 5.32 Å². The van der Waals surface area contributed by atoms with Crippen molar-refractivity contribution in [3.05, 3.63) is 18.5 Å². The van der Waals surface area contributed by atoms with Crippen LogP contribution in [0.25, 0.3) is 22.4 Å². The molecular formula is C18H21N7O. The van der Waals surface area contributed by atoms with Crippen molar-refractivity contribution in [2.24, 2.45) is 17.8 Å². The second kappa shape index (κ2) is 5.03. The Kier molecular flexibility index (Phi) is 2.84. The van der Waals surface area contributed by atoms with Gasteiger partial charge in [0.2, 0.25) is 5.82 Å². The van der Waals surface area contributed by atoms with E-state index in [0.717, 1.165) is 41.5 Å². The molecule has 26 heavy (non-hydrogen) atoms. The monoisotopic (exact) mass is 351 g/mol. The van der Waals surface area contributed by atoms with Crippen molar-refractivity contribution in [2.75, 3.05) is 5.32 Å². The molecule has 0 aliphatic heterocycles. The Morgan fingerprint density at radius 2 is 2.04 bits per heavy atom. The molecule has 4 aliphatic rings. The van der Waals surface area contributed by atoms with Crippen LogP contribution in [0.1, 0.15) is 32.1 Å². The molecule has 4 bridgehead atoms. The average molecular weight is 351 g/mol. The van der Waals surface area contributed by atoms with Crippen LogP contribution in [0, 0.1) is 17.8 Å². The summed E-state index contributed by atoms with van der Waals surface area (Å²) < 4.78 is 0. The van der Waals surface area contributed by atoms with Crippen molar-refractivity contribution in [1.29, 1.82) is 0 Å². The summed E-state index contributed by atoms with van der Waals surface area (Å²) in [7, 11) is 0. The summed E-state index contributed by atoms with van der Waals surface area (Å²) in [6.07, 6.45) is 8.97. The molecule has 134 valence electrons. The summed E-state index contributed by atoms with van der Waals surface area (Å²) in [5.74, 6) is 2.28. The lowest BCUT2D eigenvalue weighted by Crippen LogP contribution is -2.59. The maximum Gasteiger partial charge on any atom is 0.208 e. The maximum absolute atomic E-state index is 10.9. The molecule has 4 aliphatic carbocycles. The molecule has 3 aromatic heterocycles. The normalized spacial score (nSPS) is 35.3. The van der Waals surface area contributed by atoms with Crippen LogP contribution in [0.3, 0.4) is 0 Å². The van der Waals surface area contributed by atoms with E-state index in [1.165, 1.54) is 12.8 Å². The number of aliphatic hydroxyl groups is 1. The van der Waals surface area contributed by atoms with Gasteiger partial charge in [0, 0.05) is 23.8 Å². The molecule has 3 heterocycles. The molecule has 0 radical (unpaired) electrons. The summed E-state index contributed by atoms with van der Waals surface area (Å²) in [5.41, 5.74) is 2.30. The zero-order valence-corrected chi connectivity index (χ0v) is 14.3. The summed E-state index contributed by atoms with van der Waals surface area (Å²) in [6.45, 7) is 0. The minimum atomic E-state index is -0.424. The second-order valence-corrected chi connectivity index (χ2v) is 8.39. The van der Waals surface area contributed by atoms with Crippen LogP contribution >= 0.6 is 0 Å². The first-order valence-corrected chi connectivity index (χ1v) is 9.37. The Hall–Kier alpha value is -2.48. The third-order valence-electron chi connectivity index (χ3n) is 6.72. The molecule has 4 fully saturated rings. The highest BCUT2D eigenvalue weighted by Crippen LogP contribution is 2.56. The van der Waals surface area contributed by atoms with Crippen molar-refractivity contribution in [3.63, 3.8) is 0 Å². The van der Waals surface area contributed by atoms with Gasteiger partial charge in [-0.05, 0) is 61.1 Å². The number of hydrogen-bond donors (Lipinski definition) is 4. The Balaban J connectivity index is 1.43. The average Bonchev–Trinajstić information content (AvgIpc) is 3.27. The molecule has 3 aromatic rings. The van der Waals surface area contributed by atoms with Crippen LogP contribution in [-0.4, -0.2) is 47.3 Å². The number of nitrogens with one attached hydrogen (secondary N) is 3. The topological polar surface area (TPSA) is 115 Å². The van der Waals surface area contributed by atoms with E-state index >= 15 is 0 Å². The smallest absolute Gasteiger partial charge is 0.208 e. The number of tetrazole rings is 1. The van der Waals surface area contributed by atoms with Crippen molar-refractivity contribution < 1.29 is 5.11 Å². The summed E-state index contributed by atoms with van der Waals surface area (Å²) in [5, 5.41) is 30.3. The van der Waals surface area contributed by atoms with E-state index in [9.17, 15) is 5.11 Å². The largest absolute Gasteiger partial charge is 0.390 e. The molecule has 0 amide bonds. The first-order valence-electron chi connectivity index (χ1n) is 9.37. The highest BCUT2D eigenvalue weighted by molar-refractivity contribution is 5.97. The number of anilines is 1. The van der Waals surface area contributed by atoms with Gasteiger partial charge in [-0.1, -0.05) is 0 Å². The Bertz CT molecular complexity index is 949. The first-order chi connectivity index (χ1) is 12.7. The Labute approximate surface area is 149 Å². The maximum atomic E-state index is 10.9. The van der Waals surface area contributed by atoms with Crippen LogP contribution in [0.15, 0.2) is 18.5 Å².